The SMILES string of the molecule is CCc1cc(Br)ccc1NC(=O)[C@@H](N)C(C)C. The first kappa shape index (κ1) is 14.2. The molecule has 0 aromatic heterocycles. The number of carbonyl (C=O) groups excluding carboxylic acids is 1. The molecule has 0 saturated carbocycles. The van der Waals surface area contributed by atoms with Crippen molar-refractivity contribution in [3.8, 4) is 0 Å². The molecule has 0 aliphatic heterocycles. The van der Waals surface area contributed by atoms with Crippen LogP contribution in [0, 0.1) is 5.92 Å². The van der Waals surface area contributed by atoms with Crippen molar-refractivity contribution in [2.45, 2.75) is 33.2 Å². The Morgan fingerprint density at radius 1 is 1.47 bits per heavy atom. The van der Waals surface area contributed by atoms with Gasteiger partial charge >= 0.3 is 0 Å². The predicted molar refractivity (Wildman–Crippen MR) is 75.0 cm³/mol. The van der Waals surface area contributed by atoms with Crippen LogP contribution in [0.2, 0.25) is 0 Å². The second-order valence-electron chi connectivity index (χ2n) is 4.41. The fraction of sp³-hybridized carbons (Fsp3) is 0.462. The van der Waals surface area contributed by atoms with Crippen LogP contribution < -0.4 is 11.1 Å². The van der Waals surface area contributed by atoms with Gasteiger partial charge in [-0.25, -0.2) is 0 Å². The number of aryl methyl sites for hydroxylation is 1. The van der Waals surface area contributed by atoms with E-state index in [1.807, 2.05) is 32.0 Å². The minimum atomic E-state index is -0.469. The molecule has 0 fully saturated rings. The maximum Gasteiger partial charge on any atom is 0.241 e. The Hall–Kier alpha value is -0.870. The first-order valence-electron chi connectivity index (χ1n) is 5.80. The van der Waals surface area contributed by atoms with E-state index in [1.165, 1.54) is 0 Å². The normalized spacial score (nSPS) is 12.6. The van der Waals surface area contributed by atoms with Gasteiger partial charge in [0, 0.05) is 10.2 Å². The molecule has 3 N–H and O–H groups in total. The Kier molecular flexibility index (Phi) is 5.15. The monoisotopic (exact) mass is 298 g/mol. The smallest absolute Gasteiger partial charge is 0.241 e. The number of rotatable bonds is 4. The number of carbonyl (C=O) groups is 1. The summed E-state index contributed by atoms with van der Waals surface area (Å²) in [6, 6.07) is 5.35. The van der Waals surface area contributed by atoms with Gasteiger partial charge in [0.05, 0.1) is 6.04 Å². The molecule has 94 valence electrons. The molecule has 0 unspecified atom stereocenters. The number of nitrogens with one attached hydrogen (secondary N) is 1. The Labute approximate surface area is 111 Å². The minimum absolute atomic E-state index is 0.128. The van der Waals surface area contributed by atoms with E-state index in [4.69, 9.17) is 5.73 Å². The van der Waals surface area contributed by atoms with Crippen molar-refractivity contribution in [2.24, 2.45) is 11.7 Å². The molecule has 4 heteroatoms. The Morgan fingerprint density at radius 3 is 2.65 bits per heavy atom. The van der Waals surface area contributed by atoms with E-state index in [0.717, 1.165) is 22.1 Å². The van der Waals surface area contributed by atoms with Crippen molar-refractivity contribution in [3.63, 3.8) is 0 Å². The van der Waals surface area contributed by atoms with Gasteiger partial charge in [-0.1, -0.05) is 36.7 Å². The van der Waals surface area contributed by atoms with Crippen LogP contribution in [0.15, 0.2) is 22.7 Å². The van der Waals surface area contributed by atoms with Crippen molar-refractivity contribution in [2.75, 3.05) is 5.32 Å². The van der Waals surface area contributed by atoms with Crippen molar-refractivity contribution < 1.29 is 4.79 Å². The number of anilines is 1. The second kappa shape index (κ2) is 6.17. The highest BCUT2D eigenvalue weighted by Crippen LogP contribution is 2.21. The molecule has 0 heterocycles. The molecule has 0 bridgehead atoms. The van der Waals surface area contributed by atoms with E-state index in [1.54, 1.807) is 0 Å². The molecule has 1 amide bonds. The first-order chi connectivity index (χ1) is 7.95. The number of benzene rings is 1. The predicted octanol–water partition coefficient (Wildman–Crippen LogP) is 2.93. The zero-order valence-electron chi connectivity index (χ0n) is 10.5. The minimum Gasteiger partial charge on any atom is -0.324 e. The molecule has 0 radical (unpaired) electrons. The third-order valence-corrected chi connectivity index (χ3v) is 3.22. The lowest BCUT2D eigenvalue weighted by Crippen LogP contribution is -2.39. The highest BCUT2D eigenvalue weighted by atomic mass is 79.9. The lowest BCUT2D eigenvalue weighted by molar-refractivity contribution is -0.118. The summed E-state index contributed by atoms with van der Waals surface area (Å²) in [5.41, 5.74) is 7.75. The topological polar surface area (TPSA) is 55.1 Å². The van der Waals surface area contributed by atoms with E-state index < -0.39 is 6.04 Å². The quantitative estimate of drug-likeness (QED) is 0.898. The molecule has 1 atom stereocenters. The average Bonchev–Trinajstić information content (AvgIpc) is 2.30. The Bertz CT molecular complexity index is 404. The van der Waals surface area contributed by atoms with Crippen LogP contribution >= 0.6 is 15.9 Å². The van der Waals surface area contributed by atoms with Crippen molar-refractivity contribution in [1.29, 1.82) is 0 Å². The average molecular weight is 299 g/mol. The molecule has 1 aromatic carbocycles. The third kappa shape index (κ3) is 3.82. The molecule has 1 aromatic rings. The van der Waals surface area contributed by atoms with Crippen molar-refractivity contribution in [3.05, 3.63) is 28.2 Å². The van der Waals surface area contributed by atoms with Crippen molar-refractivity contribution in [1.82, 2.24) is 0 Å². The van der Waals surface area contributed by atoms with E-state index in [-0.39, 0.29) is 11.8 Å². The molecule has 3 nitrogen and oxygen atoms in total. The summed E-state index contributed by atoms with van der Waals surface area (Å²) >= 11 is 3.42. The summed E-state index contributed by atoms with van der Waals surface area (Å²) in [5.74, 6) is 0.00699. The van der Waals surface area contributed by atoms with E-state index >= 15 is 0 Å². The maximum absolute atomic E-state index is 11.9. The summed E-state index contributed by atoms with van der Waals surface area (Å²) in [6.45, 7) is 5.93. The largest absolute Gasteiger partial charge is 0.324 e. The lowest BCUT2D eigenvalue weighted by atomic mass is 10.0. The standard InChI is InChI=1S/C13H19BrN2O/c1-4-9-7-10(14)5-6-11(9)16-13(17)12(15)8(2)3/h5-8,12H,4,15H2,1-3H3,(H,16,17)/t12-/m0/s1. The summed E-state index contributed by atoms with van der Waals surface area (Å²) < 4.78 is 1.01. The molecule has 0 aliphatic rings. The number of nitrogens with two attached hydrogens (primary N) is 1. The van der Waals surface area contributed by atoms with Gasteiger partial charge in [-0.15, -0.1) is 0 Å². The van der Waals surface area contributed by atoms with Crippen LogP contribution in [-0.4, -0.2) is 11.9 Å². The maximum atomic E-state index is 11.9. The highest BCUT2D eigenvalue weighted by Gasteiger charge is 2.17. The van der Waals surface area contributed by atoms with E-state index in [0.29, 0.717) is 0 Å². The fourth-order valence-corrected chi connectivity index (χ4v) is 1.90. The second-order valence-corrected chi connectivity index (χ2v) is 5.33. The number of halogens is 1. The van der Waals surface area contributed by atoms with Crippen LogP contribution in [-0.2, 0) is 11.2 Å². The van der Waals surface area contributed by atoms with Gasteiger partial charge in [0.2, 0.25) is 5.91 Å². The van der Waals surface area contributed by atoms with E-state index in [2.05, 4.69) is 28.2 Å². The van der Waals surface area contributed by atoms with Gasteiger partial charge in [-0.3, -0.25) is 4.79 Å². The van der Waals surface area contributed by atoms with Crippen LogP contribution in [0.3, 0.4) is 0 Å². The van der Waals surface area contributed by atoms with Gasteiger partial charge in [-0.2, -0.15) is 0 Å². The molecule has 0 aliphatic carbocycles. The Balaban J connectivity index is 2.84. The van der Waals surface area contributed by atoms with Gasteiger partial charge in [0.1, 0.15) is 0 Å². The van der Waals surface area contributed by atoms with E-state index in [9.17, 15) is 4.79 Å². The van der Waals surface area contributed by atoms with Gasteiger partial charge in [-0.05, 0) is 36.1 Å². The van der Waals surface area contributed by atoms with Gasteiger partial charge < -0.3 is 11.1 Å². The molecule has 17 heavy (non-hydrogen) atoms. The molecule has 1 rings (SSSR count). The summed E-state index contributed by atoms with van der Waals surface area (Å²) in [5, 5.41) is 2.88. The van der Waals surface area contributed by atoms with Crippen LogP contribution in [0.25, 0.3) is 0 Å². The number of amides is 1. The number of hydrogen-bond acceptors (Lipinski definition) is 2. The van der Waals surface area contributed by atoms with Gasteiger partial charge in [0.25, 0.3) is 0 Å². The fourth-order valence-electron chi connectivity index (χ4n) is 1.50. The molecular weight excluding hydrogens is 280 g/mol. The highest BCUT2D eigenvalue weighted by molar-refractivity contribution is 9.10. The first-order valence-corrected chi connectivity index (χ1v) is 6.59. The molecular formula is C13H19BrN2O. The van der Waals surface area contributed by atoms with Crippen LogP contribution in [0.1, 0.15) is 26.3 Å². The number of hydrogen-bond donors (Lipinski definition) is 2. The summed E-state index contributed by atoms with van der Waals surface area (Å²) in [4.78, 5) is 11.9. The zero-order chi connectivity index (χ0) is 13.0. The van der Waals surface area contributed by atoms with Gasteiger partial charge in [0.15, 0.2) is 0 Å². The zero-order valence-corrected chi connectivity index (χ0v) is 12.0. The molecule has 0 spiro atoms. The van der Waals surface area contributed by atoms with Crippen LogP contribution in [0.5, 0.6) is 0 Å². The Morgan fingerprint density at radius 2 is 2.12 bits per heavy atom. The summed E-state index contributed by atoms with van der Waals surface area (Å²) in [7, 11) is 0. The van der Waals surface area contributed by atoms with Crippen LogP contribution in [0.4, 0.5) is 5.69 Å². The summed E-state index contributed by atoms with van der Waals surface area (Å²) in [6.07, 6.45) is 0.867. The van der Waals surface area contributed by atoms with Crippen molar-refractivity contribution >= 4 is 27.5 Å². The third-order valence-electron chi connectivity index (χ3n) is 2.73. The molecule has 0 saturated heterocycles. The lowest BCUT2D eigenvalue weighted by Gasteiger charge is -2.17.